The van der Waals surface area contributed by atoms with Crippen LogP contribution < -0.4 is 0 Å². The minimum atomic E-state index is -0.376. The average Bonchev–Trinajstić information content (AvgIpc) is 2.71. The highest BCUT2D eigenvalue weighted by Crippen LogP contribution is 2.23. The molecule has 2 rings (SSSR count). The van der Waals surface area contributed by atoms with Gasteiger partial charge in [0.05, 0.1) is 13.3 Å². The molecule has 0 saturated carbocycles. The molecule has 0 aliphatic heterocycles. The fourth-order valence-corrected chi connectivity index (χ4v) is 1.61. The number of nitrogens with zero attached hydrogens (tertiary/aromatic N) is 2. The van der Waals surface area contributed by atoms with E-state index in [1.165, 1.54) is 11.8 Å². The number of hydrogen-bond donors (Lipinski definition) is 0. The van der Waals surface area contributed by atoms with Crippen molar-refractivity contribution in [3.8, 4) is 11.1 Å². The van der Waals surface area contributed by atoms with E-state index in [-0.39, 0.29) is 5.97 Å². The van der Waals surface area contributed by atoms with Crippen LogP contribution in [0.4, 0.5) is 0 Å². The second kappa shape index (κ2) is 4.18. The average molecular weight is 216 g/mol. The third-order valence-electron chi connectivity index (χ3n) is 2.40. The van der Waals surface area contributed by atoms with Crippen molar-refractivity contribution in [1.29, 1.82) is 0 Å². The van der Waals surface area contributed by atoms with Crippen LogP contribution in [0.1, 0.15) is 10.5 Å². The Morgan fingerprint density at radius 2 is 2.00 bits per heavy atom. The summed E-state index contributed by atoms with van der Waals surface area (Å²) in [6.07, 6.45) is 1.67. The molecule has 4 heteroatoms. The summed E-state index contributed by atoms with van der Waals surface area (Å²) < 4.78 is 6.26. The molecule has 2 aromatic rings. The number of esters is 1. The van der Waals surface area contributed by atoms with Gasteiger partial charge in [0.2, 0.25) is 0 Å². The van der Waals surface area contributed by atoms with Gasteiger partial charge < -0.3 is 4.74 Å². The standard InChI is InChI=1S/C12H12N2O2/c1-14-11(12(15)16-2)10(8-13-14)9-6-4-3-5-7-9/h3-8H,1-2H3. The lowest BCUT2D eigenvalue weighted by Gasteiger charge is -2.03. The molecule has 1 heterocycles. The number of aryl methyl sites for hydroxylation is 1. The van der Waals surface area contributed by atoms with E-state index in [2.05, 4.69) is 5.10 Å². The Morgan fingerprint density at radius 3 is 2.62 bits per heavy atom. The smallest absolute Gasteiger partial charge is 0.356 e. The van der Waals surface area contributed by atoms with Crippen molar-refractivity contribution in [1.82, 2.24) is 9.78 Å². The molecule has 0 aliphatic carbocycles. The summed E-state index contributed by atoms with van der Waals surface area (Å²) >= 11 is 0. The molecule has 0 radical (unpaired) electrons. The first-order valence-corrected chi connectivity index (χ1v) is 4.89. The summed E-state index contributed by atoms with van der Waals surface area (Å²) in [6, 6.07) is 9.64. The van der Waals surface area contributed by atoms with Crippen molar-refractivity contribution in [2.75, 3.05) is 7.11 Å². The predicted molar refractivity (Wildman–Crippen MR) is 60.0 cm³/mol. The van der Waals surface area contributed by atoms with Gasteiger partial charge in [-0.2, -0.15) is 5.10 Å². The number of carbonyl (C=O) groups excluding carboxylic acids is 1. The first kappa shape index (κ1) is 10.4. The maximum atomic E-state index is 11.6. The first-order chi connectivity index (χ1) is 7.74. The zero-order chi connectivity index (χ0) is 11.5. The molecule has 0 unspecified atom stereocenters. The Balaban J connectivity index is 2.55. The Morgan fingerprint density at radius 1 is 1.31 bits per heavy atom. The molecule has 0 fully saturated rings. The summed E-state index contributed by atoms with van der Waals surface area (Å²) in [5.41, 5.74) is 2.21. The van der Waals surface area contributed by atoms with Crippen molar-refractivity contribution in [3.63, 3.8) is 0 Å². The van der Waals surface area contributed by atoms with Crippen LogP contribution in [0.25, 0.3) is 11.1 Å². The monoisotopic (exact) mass is 216 g/mol. The molecule has 0 amide bonds. The van der Waals surface area contributed by atoms with Gasteiger partial charge in [0.15, 0.2) is 5.69 Å². The number of ether oxygens (including phenoxy) is 1. The normalized spacial score (nSPS) is 10.1. The van der Waals surface area contributed by atoms with Crippen LogP contribution in [-0.2, 0) is 11.8 Å². The molecule has 16 heavy (non-hydrogen) atoms. The highest BCUT2D eigenvalue weighted by Gasteiger charge is 2.17. The van der Waals surface area contributed by atoms with Crippen LogP contribution in [-0.4, -0.2) is 22.9 Å². The summed E-state index contributed by atoms with van der Waals surface area (Å²) in [7, 11) is 3.09. The van der Waals surface area contributed by atoms with Crippen molar-refractivity contribution < 1.29 is 9.53 Å². The lowest BCUT2D eigenvalue weighted by atomic mass is 10.1. The molecule has 4 nitrogen and oxygen atoms in total. The number of carbonyl (C=O) groups is 1. The van der Waals surface area contributed by atoms with E-state index >= 15 is 0 Å². The maximum Gasteiger partial charge on any atom is 0.356 e. The lowest BCUT2D eigenvalue weighted by molar-refractivity contribution is 0.0589. The Kier molecular flexibility index (Phi) is 2.72. The van der Waals surface area contributed by atoms with Crippen molar-refractivity contribution in [2.45, 2.75) is 0 Å². The van der Waals surface area contributed by atoms with Crippen molar-refractivity contribution >= 4 is 5.97 Å². The van der Waals surface area contributed by atoms with E-state index in [0.29, 0.717) is 5.69 Å². The molecule has 0 aliphatic rings. The third kappa shape index (κ3) is 1.69. The highest BCUT2D eigenvalue weighted by molar-refractivity contribution is 5.95. The number of rotatable bonds is 2. The number of hydrogen-bond acceptors (Lipinski definition) is 3. The van der Waals surface area contributed by atoms with E-state index in [9.17, 15) is 4.79 Å². The van der Waals surface area contributed by atoms with Gasteiger partial charge in [-0.1, -0.05) is 30.3 Å². The number of methoxy groups -OCH3 is 1. The Hall–Kier alpha value is -2.10. The van der Waals surface area contributed by atoms with E-state index in [1.807, 2.05) is 30.3 Å². The SMILES string of the molecule is COC(=O)c1c(-c2ccccc2)cnn1C. The number of aromatic nitrogens is 2. The largest absolute Gasteiger partial charge is 0.464 e. The third-order valence-corrected chi connectivity index (χ3v) is 2.40. The van der Waals surface area contributed by atoms with Crippen LogP contribution in [0.5, 0.6) is 0 Å². The Labute approximate surface area is 93.5 Å². The lowest BCUT2D eigenvalue weighted by Crippen LogP contribution is -2.09. The van der Waals surface area contributed by atoms with Crippen LogP contribution in [0.2, 0.25) is 0 Å². The second-order valence-corrected chi connectivity index (χ2v) is 3.39. The first-order valence-electron chi connectivity index (χ1n) is 4.89. The van der Waals surface area contributed by atoms with Crippen molar-refractivity contribution in [2.24, 2.45) is 7.05 Å². The van der Waals surface area contributed by atoms with Gasteiger partial charge in [-0.15, -0.1) is 0 Å². The second-order valence-electron chi connectivity index (χ2n) is 3.39. The predicted octanol–water partition coefficient (Wildman–Crippen LogP) is 1.87. The minimum absolute atomic E-state index is 0.376. The fraction of sp³-hybridized carbons (Fsp3) is 0.167. The fourth-order valence-electron chi connectivity index (χ4n) is 1.61. The van der Waals surface area contributed by atoms with Crippen LogP contribution in [0.15, 0.2) is 36.5 Å². The van der Waals surface area contributed by atoms with E-state index in [0.717, 1.165) is 11.1 Å². The zero-order valence-electron chi connectivity index (χ0n) is 9.18. The molecule has 0 atom stereocenters. The molecular weight excluding hydrogens is 204 g/mol. The van der Waals surface area contributed by atoms with E-state index in [1.54, 1.807) is 13.2 Å². The van der Waals surface area contributed by atoms with Crippen LogP contribution >= 0.6 is 0 Å². The van der Waals surface area contributed by atoms with Crippen LogP contribution in [0, 0.1) is 0 Å². The molecule has 0 saturated heterocycles. The maximum absolute atomic E-state index is 11.6. The summed E-state index contributed by atoms with van der Waals surface area (Å²) in [5, 5.41) is 4.08. The minimum Gasteiger partial charge on any atom is -0.464 e. The number of benzene rings is 1. The summed E-state index contributed by atoms with van der Waals surface area (Å²) in [4.78, 5) is 11.6. The van der Waals surface area contributed by atoms with Gasteiger partial charge in [-0.25, -0.2) is 4.79 Å². The van der Waals surface area contributed by atoms with Gasteiger partial charge in [-0.05, 0) is 5.56 Å². The van der Waals surface area contributed by atoms with Gasteiger partial charge in [0.25, 0.3) is 0 Å². The summed E-state index contributed by atoms with van der Waals surface area (Å²) in [5.74, 6) is -0.376. The quantitative estimate of drug-likeness (QED) is 0.720. The summed E-state index contributed by atoms with van der Waals surface area (Å²) in [6.45, 7) is 0. The Bertz CT molecular complexity index is 503. The molecule has 82 valence electrons. The topological polar surface area (TPSA) is 44.1 Å². The molecule has 1 aromatic carbocycles. The molecule has 0 bridgehead atoms. The van der Waals surface area contributed by atoms with E-state index < -0.39 is 0 Å². The molecule has 0 N–H and O–H groups in total. The van der Waals surface area contributed by atoms with Crippen LogP contribution in [0.3, 0.4) is 0 Å². The van der Waals surface area contributed by atoms with Gasteiger partial charge in [-0.3, -0.25) is 4.68 Å². The van der Waals surface area contributed by atoms with Gasteiger partial charge in [0.1, 0.15) is 0 Å². The highest BCUT2D eigenvalue weighted by atomic mass is 16.5. The van der Waals surface area contributed by atoms with Gasteiger partial charge in [0, 0.05) is 12.6 Å². The molecule has 1 aromatic heterocycles. The molecule has 0 spiro atoms. The van der Waals surface area contributed by atoms with Gasteiger partial charge >= 0.3 is 5.97 Å². The van der Waals surface area contributed by atoms with E-state index in [4.69, 9.17) is 4.74 Å². The zero-order valence-corrected chi connectivity index (χ0v) is 9.18. The molecular formula is C12H12N2O2. The van der Waals surface area contributed by atoms with Crippen molar-refractivity contribution in [3.05, 3.63) is 42.2 Å².